The van der Waals surface area contributed by atoms with E-state index in [1.54, 1.807) is 29.8 Å². The third-order valence-electron chi connectivity index (χ3n) is 6.70. The van der Waals surface area contributed by atoms with Crippen molar-refractivity contribution in [3.8, 4) is 22.7 Å². The highest BCUT2D eigenvalue weighted by atomic mass is 16.5. The fourth-order valence-electron chi connectivity index (χ4n) is 4.48. The molecule has 0 bridgehead atoms. The molecule has 0 unspecified atom stereocenters. The van der Waals surface area contributed by atoms with Crippen molar-refractivity contribution in [2.24, 2.45) is 0 Å². The number of likely N-dealkylation sites (N-methyl/N-ethyl adjacent to an activating group) is 1. The van der Waals surface area contributed by atoms with Crippen LogP contribution in [0.25, 0.3) is 28.0 Å². The second-order valence-corrected chi connectivity index (χ2v) is 9.13. The molecule has 1 aliphatic rings. The summed E-state index contributed by atoms with van der Waals surface area (Å²) in [7, 11) is 3.40. The largest absolute Gasteiger partial charge is 0.496 e. The van der Waals surface area contributed by atoms with Crippen molar-refractivity contribution in [1.29, 1.82) is 0 Å². The number of anilines is 2. The quantitative estimate of drug-likeness (QED) is 0.375. The van der Waals surface area contributed by atoms with Crippen molar-refractivity contribution in [2.75, 3.05) is 57.6 Å². The number of fused-ring (bicyclic) bond motifs is 1. The number of nitrogen functional groups attached to an aromatic ring is 1. The van der Waals surface area contributed by atoms with Gasteiger partial charge in [-0.2, -0.15) is 5.10 Å². The van der Waals surface area contributed by atoms with Crippen LogP contribution in [0.4, 0.5) is 11.5 Å². The van der Waals surface area contributed by atoms with Crippen LogP contribution in [0.3, 0.4) is 0 Å². The summed E-state index contributed by atoms with van der Waals surface area (Å²) in [4.78, 5) is 25.5. The van der Waals surface area contributed by atoms with Gasteiger partial charge in [0, 0.05) is 44.0 Å². The van der Waals surface area contributed by atoms with Crippen LogP contribution < -0.4 is 15.4 Å². The number of methoxy groups -OCH3 is 1. The summed E-state index contributed by atoms with van der Waals surface area (Å²) in [5.74, 6) is 0.980. The van der Waals surface area contributed by atoms with Crippen molar-refractivity contribution in [2.45, 2.75) is 6.92 Å². The van der Waals surface area contributed by atoms with Crippen LogP contribution in [0.5, 0.6) is 5.75 Å². The first-order valence-electron chi connectivity index (χ1n) is 12.4. The third kappa shape index (κ3) is 5.09. The zero-order valence-corrected chi connectivity index (χ0v) is 21.8. The molecular weight excluding hydrogens is 482 g/mol. The van der Waals surface area contributed by atoms with Gasteiger partial charge in [-0.25, -0.2) is 14.6 Å². The Morgan fingerprint density at radius 1 is 1.18 bits per heavy atom. The molecule has 1 fully saturated rings. The average molecular weight is 514 g/mol. The van der Waals surface area contributed by atoms with Gasteiger partial charge in [-0.1, -0.05) is 24.3 Å². The lowest BCUT2D eigenvalue weighted by Crippen LogP contribution is -2.36. The standard InChI is InChI=1S/C28H31N7O3/c1-19-9-10-20(16-23(19)37-3)26-25-27(29)30-18-31-28(25)35(32-26)22-7-4-6-21(17-22)33(2)24(36)8-5-11-34-12-14-38-15-13-34/h4-10,16-18H,11-15H2,1-3H3,(H2,29,30,31)/b8-5+. The molecule has 10 nitrogen and oxygen atoms in total. The van der Waals surface area contributed by atoms with E-state index in [0.717, 1.165) is 61.1 Å². The SMILES string of the molecule is COc1cc(-c2nn(-c3cccc(N(C)C(=O)/C=C/CN4CCOCC4)c3)c3ncnc(N)c23)ccc1C. The first kappa shape index (κ1) is 25.4. The number of hydrogen-bond acceptors (Lipinski definition) is 8. The predicted octanol–water partition coefficient (Wildman–Crippen LogP) is 3.23. The zero-order chi connectivity index (χ0) is 26.6. The first-order valence-corrected chi connectivity index (χ1v) is 12.4. The summed E-state index contributed by atoms with van der Waals surface area (Å²) in [6, 6.07) is 13.5. The number of amides is 1. The molecule has 2 aromatic carbocycles. The fraction of sp³-hybridized carbons (Fsp3) is 0.286. The molecular formula is C28H31N7O3. The zero-order valence-electron chi connectivity index (χ0n) is 21.8. The smallest absolute Gasteiger partial charge is 0.250 e. The van der Waals surface area contributed by atoms with Crippen LogP contribution in [0.1, 0.15) is 5.56 Å². The van der Waals surface area contributed by atoms with Crippen LogP contribution >= 0.6 is 0 Å². The molecule has 0 saturated carbocycles. The highest BCUT2D eigenvalue weighted by Crippen LogP contribution is 2.34. The van der Waals surface area contributed by atoms with Gasteiger partial charge in [0.1, 0.15) is 23.6 Å². The molecule has 5 rings (SSSR count). The number of hydrogen-bond donors (Lipinski definition) is 1. The number of morpholine rings is 1. The Morgan fingerprint density at radius 2 is 2.00 bits per heavy atom. The second-order valence-electron chi connectivity index (χ2n) is 9.13. The second kappa shape index (κ2) is 11.0. The molecule has 38 heavy (non-hydrogen) atoms. The topological polar surface area (TPSA) is 112 Å². The maximum Gasteiger partial charge on any atom is 0.250 e. The van der Waals surface area contributed by atoms with Crippen molar-refractivity contribution < 1.29 is 14.3 Å². The molecule has 1 amide bonds. The molecule has 0 atom stereocenters. The Kier molecular flexibility index (Phi) is 7.34. The van der Waals surface area contributed by atoms with E-state index >= 15 is 0 Å². The van der Waals surface area contributed by atoms with E-state index in [1.807, 2.05) is 55.5 Å². The lowest BCUT2D eigenvalue weighted by molar-refractivity contribution is -0.113. The predicted molar refractivity (Wildman–Crippen MR) is 148 cm³/mol. The van der Waals surface area contributed by atoms with E-state index in [0.29, 0.717) is 22.5 Å². The fourth-order valence-corrected chi connectivity index (χ4v) is 4.48. The molecule has 0 spiro atoms. The number of carbonyl (C=O) groups is 1. The van der Waals surface area contributed by atoms with Gasteiger partial charge in [-0.3, -0.25) is 9.69 Å². The summed E-state index contributed by atoms with van der Waals surface area (Å²) in [6.45, 7) is 5.91. The molecule has 10 heteroatoms. The molecule has 1 saturated heterocycles. The molecule has 3 heterocycles. The molecule has 0 radical (unpaired) electrons. The summed E-state index contributed by atoms with van der Waals surface area (Å²) in [5.41, 5.74) is 10.9. The van der Waals surface area contributed by atoms with Gasteiger partial charge in [0.2, 0.25) is 5.91 Å². The van der Waals surface area contributed by atoms with Crippen molar-refractivity contribution in [3.05, 3.63) is 66.5 Å². The van der Waals surface area contributed by atoms with Gasteiger partial charge in [0.05, 0.1) is 31.4 Å². The Hall–Kier alpha value is -4.28. The number of carbonyl (C=O) groups excluding carboxylic acids is 1. The Morgan fingerprint density at radius 3 is 2.79 bits per heavy atom. The summed E-state index contributed by atoms with van der Waals surface area (Å²) < 4.78 is 12.6. The number of nitrogens with zero attached hydrogens (tertiary/aromatic N) is 6. The Balaban J connectivity index is 1.46. The van der Waals surface area contributed by atoms with Gasteiger partial charge < -0.3 is 20.1 Å². The maximum absolute atomic E-state index is 12.9. The van der Waals surface area contributed by atoms with E-state index < -0.39 is 0 Å². The number of benzene rings is 2. The maximum atomic E-state index is 12.9. The Bertz CT molecular complexity index is 1490. The molecule has 0 aliphatic carbocycles. The summed E-state index contributed by atoms with van der Waals surface area (Å²) >= 11 is 0. The summed E-state index contributed by atoms with van der Waals surface area (Å²) in [6.07, 6.45) is 4.94. The van der Waals surface area contributed by atoms with Gasteiger partial charge >= 0.3 is 0 Å². The molecule has 1 aliphatic heterocycles. The summed E-state index contributed by atoms with van der Waals surface area (Å²) in [5, 5.41) is 5.54. The van der Waals surface area contributed by atoms with Crippen LogP contribution in [0, 0.1) is 6.92 Å². The monoisotopic (exact) mass is 513 g/mol. The third-order valence-corrected chi connectivity index (χ3v) is 6.70. The van der Waals surface area contributed by atoms with E-state index in [9.17, 15) is 4.79 Å². The van der Waals surface area contributed by atoms with Crippen molar-refractivity contribution >= 4 is 28.4 Å². The van der Waals surface area contributed by atoms with Gasteiger partial charge in [-0.05, 0) is 36.8 Å². The van der Waals surface area contributed by atoms with Crippen molar-refractivity contribution in [1.82, 2.24) is 24.6 Å². The van der Waals surface area contributed by atoms with Gasteiger partial charge in [0.25, 0.3) is 0 Å². The number of aryl methyl sites for hydroxylation is 1. The average Bonchev–Trinajstić information content (AvgIpc) is 3.34. The van der Waals surface area contributed by atoms with E-state index in [4.69, 9.17) is 20.3 Å². The minimum absolute atomic E-state index is 0.111. The minimum Gasteiger partial charge on any atom is -0.496 e. The number of rotatable bonds is 7. The van der Waals surface area contributed by atoms with E-state index in [1.165, 1.54) is 6.33 Å². The van der Waals surface area contributed by atoms with E-state index in [2.05, 4.69) is 14.9 Å². The molecule has 2 N–H and O–H groups in total. The molecule has 2 aromatic heterocycles. The molecule has 196 valence electrons. The highest BCUT2D eigenvalue weighted by Gasteiger charge is 2.20. The molecule has 4 aromatic rings. The van der Waals surface area contributed by atoms with Crippen molar-refractivity contribution in [3.63, 3.8) is 0 Å². The first-order chi connectivity index (χ1) is 18.5. The lowest BCUT2D eigenvalue weighted by atomic mass is 10.1. The van der Waals surface area contributed by atoms with Crippen LogP contribution in [0.2, 0.25) is 0 Å². The van der Waals surface area contributed by atoms with Gasteiger partial charge in [-0.15, -0.1) is 0 Å². The van der Waals surface area contributed by atoms with Crippen LogP contribution in [-0.4, -0.2) is 77.6 Å². The lowest BCUT2D eigenvalue weighted by Gasteiger charge is -2.25. The number of aromatic nitrogens is 4. The van der Waals surface area contributed by atoms with Crippen LogP contribution in [0.15, 0.2) is 60.9 Å². The number of ether oxygens (including phenoxy) is 2. The van der Waals surface area contributed by atoms with E-state index in [-0.39, 0.29) is 5.91 Å². The Labute approximate surface area is 221 Å². The highest BCUT2D eigenvalue weighted by molar-refractivity contribution is 6.01. The van der Waals surface area contributed by atoms with Gasteiger partial charge in [0.15, 0.2) is 5.65 Å². The number of nitrogens with two attached hydrogens (primary N) is 1. The normalized spacial score (nSPS) is 14.3. The van der Waals surface area contributed by atoms with Crippen LogP contribution in [-0.2, 0) is 9.53 Å². The minimum atomic E-state index is -0.111.